The van der Waals surface area contributed by atoms with Gasteiger partial charge in [-0.2, -0.15) is 4.98 Å². The molecule has 0 aromatic carbocycles. The third kappa shape index (κ3) is 3.76. The highest BCUT2D eigenvalue weighted by Gasteiger charge is 2.27. The second-order valence-corrected chi connectivity index (χ2v) is 5.58. The van der Waals surface area contributed by atoms with E-state index in [4.69, 9.17) is 9.47 Å². The molecule has 1 amide bonds. The highest BCUT2D eigenvalue weighted by atomic mass is 16.5. The standard InChI is InChI=1S/C16H19N5O3/c1-11-6-19-13(7-18-11)16(22)21-5-3-4-12(10-21)24-15-9-17-8-14(20-15)23-2/h6-9,12H,3-5,10H2,1-2H3. The lowest BCUT2D eigenvalue weighted by atomic mass is 10.1. The lowest BCUT2D eigenvalue weighted by molar-refractivity contribution is 0.0519. The highest BCUT2D eigenvalue weighted by Crippen LogP contribution is 2.19. The van der Waals surface area contributed by atoms with Crippen molar-refractivity contribution in [3.8, 4) is 11.8 Å². The Labute approximate surface area is 139 Å². The maximum absolute atomic E-state index is 12.5. The van der Waals surface area contributed by atoms with Gasteiger partial charge in [0.2, 0.25) is 11.8 Å². The van der Waals surface area contributed by atoms with Crippen LogP contribution in [-0.2, 0) is 0 Å². The molecule has 1 aliphatic heterocycles. The highest BCUT2D eigenvalue weighted by molar-refractivity contribution is 5.92. The number of nitrogens with zero attached hydrogens (tertiary/aromatic N) is 5. The molecule has 2 aromatic heterocycles. The molecule has 3 heterocycles. The maximum atomic E-state index is 12.5. The van der Waals surface area contributed by atoms with Gasteiger partial charge in [0.05, 0.1) is 37.9 Å². The Morgan fingerprint density at radius 3 is 2.79 bits per heavy atom. The number of likely N-dealkylation sites (tertiary alicyclic amines) is 1. The summed E-state index contributed by atoms with van der Waals surface area (Å²) in [5.41, 5.74) is 1.13. The van der Waals surface area contributed by atoms with E-state index in [2.05, 4.69) is 19.9 Å². The molecule has 0 radical (unpaired) electrons. The number of piperidine rings is 1. The van der Waals surface area contributed by atoms with Gasteiger partial charge in [0.1, 0.15) is 11.8 Å². The number of carbonyl (C=O) groups excluding carboxylic acids is 1. The number of amides is 1. The van der Waals surface area contributed by atoms with Crippen LogP contribution in [0.25, 0.3) is 0 Å². The van der Waals surface area contributed by atoms with Crippen molar-refractivity contribution in [2.24, 2.45) is 0 Å². The van der Waals surface area contributed by atoms with Gasteiger partial charge in [-0.25, -0.2) is 4.98 Å². The van der Waals surface area contributed by atoms with Crippen LogP contribution >= 0.6 is 0 Å². The van der Waals surface area contributed by atoms with Crippen LogP contribution in [-0.4, -0.2) is 57.0 Å². The summed E-state index contributed by atoms with van der Waals surface area (Å²) in [6.45, 7) is 2.99. The molecule has 2 aromatic rings. The number of hydrogen-bond acceptors (Lipinski definition) is 7. The SMILES string of the molecule is COc1cncc(OC2CCCN(C(=O)c3cnc(C)cn3)C2)n1. The first-order valence-electron chi connectivity index (χ1n) is 7.76. The zero-order chi connectivity index (χ0) is 16.9. The minimum absolute atomic E-state index is 0.132. The largest absolute Gasteiger partial charge is 0.480 e. The fourth-order valence-electron chi connectivity index (χ4n) is 2.54. The van der Waals surface area contributed by atoms with Crippen LogP contribution in [0, 0.1) is 6.92 Å². The lowest BCUT2D eigenvalue weighted by Gasteiger charge is -2.32. The smallest absolute Gasteiger partial charge is 0.274 e. The van der Waals surface area contributed by atoms with Crippen molar-refractivity contribution in [3.05, 3.63) is 36.2 Å². The molecule has 0 N–H and O–H groups in total. The third-order valence-corrected chi connectivity index (χ3v) is 3.75. The van der Waals surface area contributed by atoms with Crippen molar-refractivity contribution in [1.29, 1.82) is 0 Å². The average molecular weight is 329 g/mol. The Hall–Kier alpha value is -2.77. The number of methoxy groups -OCH3 is 1. The molecule has 8 heteroatoms. The molecule has 0 spiro atoms. The Kier molecular flexibility index (Phi) is 4.83. The molecule has 0 aliphatic carbocycles. The third-order valence-electron chi connectivity index (χ3n) is 3.75. The Bertz CT molecular complexity index is 707. The molecule has 0 saturated carbocycles. The summed E-state index contributed by atoms with van der Waals surface area (Å²) in [6, 6.07) is 0. The first-order valence-corrected chi connectivity index (χ1v) is 7.76. The summed E-state index contributed by atoms with van der Waals surface area (Å²) in [6.07, 6.45) is 7.72. The van der Waals surface area contributed by atoms with Crippen molar-refractivity contribution in [2.75, 3.05) is 20.2 Å². The van der Waals surface area contributed by atoms with Crippen LogP contribution < -0.4 is 9.47 Å². The molecule has 1 unspecified atom stereocenters. The van der Waals surface area contributed by atoms with Crippen molar-refractivity contribution in [3.63, 3.8) is 0 Å². The van der Waals surface area contributed by atoms with E-state index in [0.29, 0.717) is 30.5 Å². The molecule has 0 bridgehead atoms. The fourth-order valence-corrected chi connectivity index (χ4v) is 2.54. The lowest BCUT2D eigenvalue weighted by Crippen LogP contribution is -2.44. The maximum Gasteiger partial charge on any atom is 0.274 e. The monoisotopic (exact) mass is 329 g/mol. The van der Waals surface area contributed by atoms with E-state index in [1.165, 1.54) is 25.7 Å². The molecule has 3 rings (SSSR count). The van der Waals surface area contributed by atoms with Crippen molar-refractivity contribution in [2.45, 2.75) is 25.9 Å². The van der Waals surface area contributed by atoms with Gasteiger partial charge in [-0.15, -0.1) is 0 Å². The summed E-state index contributed by atoms with van der Waals surface area (Å²) in [5.74, 6) is 0.655. The Morgan fingerprint density at radius 1 is 1.21 bits per heavy atom. The number of ether oxygens (including phenoxy) is 2. The number of hydrogen-bond donors (Lipinski definition) is 0. The zero-order valence-electron chi connectivity index (χ0n) is 13.7. The Morgan fingerprint density at radius 2 is 2.04 bits per heavy atom. The van der Waals surface area contributed by atoms with E-state index < -0.39 is 0 Å². The summed E-state index contributed by atoms with van der Waals surface area (Å²) >= 11 is 0. The number of aromatic nitrogens is 4. The molecule has 1 aliphatic rings. The second-order valence-electron chi connectivity index (χ2n) is 5.58. The van der Waals surface area contributed by atoms with Crippen LogP contribution in [0.15, 0.2) is 24.8 Å². The predicted octanol–water partition coefficient (Wildman–Crippen LogP) is 1.27. The predicted molar refractivity (Wildman–Crippen MR) is 84.9 cm³/mol. The molecular weight excluding hydrogens is 310 g/mol. The summed E-state index contributed by atoms with van der Waals surface area (Å²) in [7, 11) is 1.53. The first-order chi connectivity index (χ1) is 11.7. The van der Waals surface area contributed by atoms with E-state index in [0.717, 1.165) is 18.5 Å². The van der Waals surface area contributed by atoms with Gasteiger partial charge in [0.15, 0.2) is 0 Å². The van der Waals surface area contributed by atoms with Gasteiger partial charge < -0.3 is 14.4 Å². The van der Waals surface area contributed by atoms with Crippen molar-refractivity contribution in [1.82, 2.24) is 24.8 Å². The minimum Gasteiger partial charge on any atom is -0.480 e. The first kappa shape index (κ1) is 16.1. The summed E-state index contributed by atoms with van der Waals surface area (Å²) < 4.78 is 10.9. The van der Waals surface area contributed by atoms with Gasteiger partial charge in [-0.1, -0.05) is 0 Å². The van der Waals surface area contributed by atoms with Crippen LogP contribution in [0.3, 0.4) is 0 Å². The van der Waals surface area contributed by atoms with E-state index in [-0.39, 0.29) is 12.0 Å². The molecular formula is C16H19N5O3. The molecule has 126 valence electrons. The molecule has 1 saturated heterocycles. The minimum atomic E-state index is -0.137. The average Bonchev–Trinajstić information content (AvgIpc) is 2.62. The van der Waals surface area contributed by atoms with E-state index in [9.17, 15) is 4.79 Å². The number of rotatable bonds is 4. The normalized spacial score (nSPS) is 17.4. The Balaban J connectivity index is 1.65. The van der Waals surface area contributed by atoms with Crippen molar-refractivity contribution >= 4 is 5.91 Å². The molecule has 24 heavy (non-hydrogen) atoms. The van der Waals surface area contributed by atoms with Crippen LogP contribution in [0.4, 0.5) is 0 Å². The van der Waals surface area contributed by atoms with Gasteiger partial charge >= 0.3 is 0 Å². The van der Waals surface area contributed by atoms with E-state index >= 15 is 0 Å². The summed E-state index contributed by atoms with van der Waals surface area (Å²) in [4.78, 5) is 30.8. The van der Waals surface area contributed by atoms with Crippen LogP contribution in [0.1, 0.15) is 29.0 Å². The van der Waals surface area contributed by atoms with Gasteiger partial charge in [0, 0.05) is 12.7 Å². The van der Waals surface area contributed by atoms with Gasteiger partial charge in [0.25, 0.3) is 5.91 Å². The fraction of sp³-hybridized carbons (Fsp3) is 0.438. The van der Waals surface area contributed by atoms with Crippen molar-refractivity contribution < 1.29 is 14.3 Å². The van der Waals surface area contributed by atoms with Gasteiger partial charge in [-0.3, -0.25) is 14.8 Å². The topological polar surface area (TPSA) is 90.3 Å². The second kappa shape index (κ2) is 7.20. The van der Waals surface area contributed by atoms with Crippen LogP contribution in [0.5, 0.6) is 11.8 Å². The number of carbonyl (C=O) groups is 1. The summed E-state index contributed by atoms with van der Waals surface area (Å²) in [5, 5.41) is 0. The van der Waals surface area contributed by atoms with Crippen LogP contribution in [0.2, 0.25) is 0 Å². The number of aryl methyl sites for hydroxylation is 1. The molecule has 1 fully saturated rings. The van der Waals surface area contributed by atoms with Gasteiger partial charge in [-0.05, 0) is 19.8 Å². The van der Waals surface area contributed by atoms with E-state index in [1.54, 1.807) is 11.1 Å². The van der Waals surface area contributed by atoms with E-state index in [1.807, 2.05) is 6.92 Å². The molecule has 8 nitrogen and oxygen atoms in total. The zero-order valence-corrected chi connectivity index (χ0v) is 13.7. The quantitative estimate of drug-likeness (QED) is 0.834. The molecule has 1 atom stereocenters.